The molecule has 0 amide bonds. The fraction of sp³-hybridized carbons (Fsp3) is 0.292. The van der Waals surface area contributed by atoms with Gasteiger partial charge in [-0.25, -0.2) is 14.3 Å². The van der Waals surface area contributed by atoms with Crippen molar-refractivity contribution in [3.8, 4) is 5.69 Å². The minimum Gasteiger partial charge on any atom is -0.376 e. The number of non-ortho nitro benzene ring substituents is 1. The van der Waals surface area contributed by atoms with Crippen molar-refractivity contribution in [3.05, 3.63) is 96.9 Å². The Kier molecular flexibility index (Phi) is 5.58. The molecular formula is C24H23N5O5. The highest BCUT2D eigenvalue weighted by molar-refractivity contribution is 5.73. The Hall–Kier alpha value is -4.05. The van der Waals surface area contributed by atoms with Gasteiger partial charge in [0, 0.05) is 25.3 Å². The average molecular weight is 461 g/mol. The number of aryl methyl sites for hydroxylation is 1. The van der Waals surface area contributed by atoms with Crippen molar-refractivity contribution in [3.63, 3.8) is 0 Å². The Balaban J connectivity index is 1.72. The van der Waals surface area contributed by atoms with E-state index in [2.05, 4.69) is 4.98 Å². The van der Waals surface area contributed by atoms with Crippen LogP contribution in [0, 0.1) is 17.0 Å². The standard InChI is InChI=1S/C24H23N5O5/c1-16-6-2-3-10-20(16)28-22-21(23(30)27(24(28)31)14-19-9-5-11-34-19)26(15-25-22)13-17-7-4-8-18(12-17)29(32)33/h2-4,6-8,10,12,15,19H,5,9,11,13-14H2,1H3/t19-/m0/s1. The van der Waals surface area contributed by atoms with Crippen LogP contribution in [0.2, 0.25) is 0 Å². The first kappa shape index (κ1) is 21.8. The summed E-state index contributed by atoms with van der Waals surface area (Å²) >= 11 is 0. The number of ether oxygens (including phenoxy) is 1. The number of hydrogen-bond donors (Lipinski definition) is 0. The summed E-state index contributed by atoms with van der Waals surface area (Å²) in [4.78, 5) is 42.3. The summed E-state index contributed by atoms with van der Waals surface area (Å²) < 4.78 is 10.0. The van der Waals surface area contributed by atoms with Gasteiger partial charge in [-0.3, -0.25) is 19.5 Å². The molecule has 34 heavy (non-hydrogen) atoms. The molecule has 1 atom stereocenters. The minimum absolute atomic E-state index is 0.0328. The maximum atomic E-state index is 13.6. The molecule has 0 spiro atoms. The van der Waals surface area contributed by atoms with Gasteiger partial charge < -0.3 is 9.30 Å². The van der Waals surface area contributed by atoms with Crippen LogP contribution >= 0.6 is 0 Å². The third-order valence-corrected chi connectivity index (χ3v) is 6.14. The third-order valence-electron chi connectivity index (χ3n) is 6.14. The van der Waals surface area contributed by atoms with Crippen molar-refractivity contribution in [1.82, 2.24) is 18.7 Å². The lowest BCUT2D eigenvalue weighted by molar-refractivity contribution is -0.384. The van der Waals surface area contributed by atoms with Crippen molar-refractivity contribution in [1.29, 1.82) is 0 Å². The lowest BCUT2D eigenvalue weighted by atomic mass is 10.2. The number of nitrogens with zero attached hydrogens (tertiary/aromatic N) is 5. The van der Waals surface area contributed by atoms with E-state index < -0.39 is 16.2 Å². The summed E-state index contributed by atoms with van der Waals surface area (Å²) in [5.74, 6) is 0. The number of para-hydroxylation sites is 1. The van der Waals surface area contributed by atoms with E-state index in [0.29, 0.717) is 17.9 Å². The zero-order valence-electron chi connectivity index (χ0n) is 18.6. The molecule has 2 aromatic heterocycles. The molecule has 174 valence electrons. The van der Waals surface area contributed by atoms with Gasteiger partial charge in [0.1, 0.15) is 0 Å². The molecule has 0 unspecified atom stereocenters. The number of nitro groups is 1. The van der Waals surface area contributed by atoms with Crippen LogP contribution < -0.4 is 11.2 Å². The van der Waals surface area contributed by atoms with E-state index in [-0.39, 0.29) is 36.0 Å². The molecular weight excluding hydrogens is 438 g/mol. The van der Waals surface area contributed by atoms with E-state index >= 15 is 0 Å². The van der Waals surface area contributed by atoms with Crippen molar-refractivity contribution in [2.45, 2.75) is 39.0 Å². The summed E-state index contributed by atoms with van der Waals surface area (Å²) in [6.45, 7) is 2.85. The normalized spacial score (nSPS) is 15.7. The molecule has 0 radical (unpaired) electrons. The number of hydrogen-bond acceptors (Lipinski definition) is 6. The quantitative estimate of drug-likeness (QED) is 0.322. The Labute approximate surface area is 193 Å². The Bertz CT molecular complexity index is 1510. The predicted molar refractivity (Wildman–Crippen MR) is 125 cm³/mol. The SMILES string of the molecule is Cc1ccccc1-n1c(=O)n(C[C@@H]2CCCO2)c(=O)c2c1ncn2Cc1cccc([N+](=O)[O-])c1. The van der Waals surface area contributed by atoms with Crippen LogP contribution in [-0.4, -0.2) is 36.3 Å². The predicted octanol–water partition coefficient (Wildman–Crippen LogP) is 2.79. The van der Waals surface area contributed by atoms with E-state index in [0.717, 1.165) is 18.4 Å². The van der Waals surface area contributed by atoms with Gasteiger partial charge in [0.05, 0.1) is 29.6 Å². The number of benzene rings is 2. The molecule has 1 aliphatic rings. The first-order valence-corrected chi connectivity index (χ1v) is 11.1. The third kappa shape index (κ3) is 3.81. The molecule has 2 aromatic carbocycles. The second kappa shape index (κ2) is 8.71. The fourth-order valence-electron chi connectivity index (χ4n) is 4.45. The summed E-state index contributed by atoms with van der Waals surface area (Å²) in [6.07, 6.45) is 2.95. The van der Waals surface area contributed by atoms with Crippen LogP contribution in [0.1, 0.15) is 24.0 Å². The zero-order chi connectivity index (χ0) is 23.8. The first-order chi connectivity index (χ1) is 16.4. The molecule has 1 fully saturated rings. The molecule has 5 rings (SSSR count). The van der Waals surface area contributed by atoms with Gasteiger partial charge in [-0.05, 0) is 37.0 Å². The summed E-state index contributed by atoms with van der Waals surface area (Å²) in [5.41, 5.74) is 1.69. The first-order valence-electron chi connectivity index (χ1n) is 11.1. The van der Waals surface area contributed by atoms with Gasteiger partial charge in [-0.15, -0.1) is 0 Å². The molecule has 1 aliphatic heterocycles. The average Bonchev–Trinajstić information content (AvgIpc) is 3.48. The number of fused-ring (bicyclic) bond motifs is 1. The summed E-state index contributed by atoms with van der Waals surface area (Å²) in [7, 11) is 0. The van der Waals surface area contributed by atoms with Gasteiger partial charge in [-0.1, -0.05) is 30.3 Å². The molecule has 0 N–H and O–H groups in total. The number of aromatic nitrogens is 4. The molecule has 0 saturated carbocycles. The van der Waals surface area contributed by atoms with Crippen LogP contribution in [0.5, 0.6) is 0 Å². The highest BCUT2D eigenvalue weighted by Crippen LogP contribution is 2.20. The van der Waals surface area contributed by atoms with Gasteiger partial charge >= 0.3 is 5.69 Å². The van der Waals surface area contributed by atoms with Gasteiger partial charge in [0.25, 0.3) is 11.2 Å². The monoisotopic (exact) mass is 461 g/mol. The van der Waals surface area contributed by atoms with Crippen molar-refractivity contribution in [2.75, 3.05) is 6.61 Å². The molecule has 0 bridgehead atoms. The van der Waals surface area contributed by atoms with Crippen LogP contribution in [-0.2, 0) is 17.8 Å². The summed E-state index contributed by atoms with van der Waals surface area (Å²) in [5, 5.41) is 11.2. The van der Waals surface area contributed by atoms with Crippen LogP contribution in [0.3, 0.4) is 0 Å². The fourth-order valence-corrected chi connectivity index (χ4v) is 4.45. The maximum absolute atomic E-state index is 13.6. The lowest BCUT2D eigenvalue weighted by Gasteiger charge is -2.16. The number of nitro benzene ring substituents is 1. The largest absolute Gasteiger partial charge is 0.376 e. The highest BCUT2D eigenvalue weighted by atomic mass is 16.6. The molecule has 10 nitrogen and oxygen atoms in total. The van der Waals surface area contributed by atoms with Gasteiger partial charge in [0.15, 0.2) is 11.2 Å². The van der Waals surface area contributed by atoms with E-state index in [1.54, 1.807) is 16.7 Å². The van der Waals surface area contributed by atoms with Crippen LogP contribution in [0.4, 0.5) is 5.69 Å². The van der Waals surface area contributed by atoms with Crippen molar-refractivity contribution < 1.29 is 9.66 Å². The Morgan fingerprint density at radius 1 is 1.18 bits per heavy atom. The molecule has 0 aliphatic carbocycles. The number of imidazole rings is 1. The Morgan fingerprint density at radius 2 is 2.00 bits per heavy atom. The van der Waals surface area contributed by atoms with Gasteiger partial charge in [-0.2, -0.15) is 0 Å². The van der Waals surface area contributed by atoms with E-state index in [9.17, 15) is 19.7 Å². The highest BCUT2D eigenvalue weighted by Gasteiger charge is 2.24. The smallest absolute Gasteiger partial charge is 0.337 e. The maximum Gasteiger partial charge on any atom is 0.337 e. The Morgan fingerprint density at radius 3 is 2.74 bits per heavy atom. The second-order valence-electron chi connectivity index (χ2n) is 8.43. The van der Waals surface area contributed by atoms with E-state index in [1.807, 2.05) is 31.2 Å². The topological polar surface area (TPSA) is 114 Å². The van der Waals surface area contributed by atoms with E-state index in [4.69, 9.17) is 4.74 Å². The zero-order valence-corrected chi connectivity index (χ0v) is 18.6. The molecule has 1 saturated heterocycles. The van der Waals surface area contributed by atoms with Crippen molar-refractivity contribution in [2.24, 2.45) is 0 Å². The van der Waals surface area contributed by atoms with E-state index in [1.165, 1.54) is 27.6 Å². The number of rotatable bonds is 6. The minimum atomic E-state index is -0.470. The van der Waals surface area contributed by atoms with Gasteiger partial charge in [0.2, 0.25) is 0 Å². The molecule has 4 aromatic rings. The second-order valence-corrected chi connectivity index (χ2v) is 8.43. The molecule has 3 heterocycles. The molecule has 10 heteroatoms. The van der Waals surface area contributed by atoms with Crippen LogP contribution in [0.15, 0.2) is 64.4 Å². The van der Waals surface area contributed by atoms with Crippen LogP contribution in [0.25, 0.3) is 16.9 Å². The lowest BCUT2D eigenvalue weighted by Crippen LogP contribution is -2.42. The van der Waals surface area contributed by atoms with Crippen molar-refractivity contribution >= 4 is 16.9 Å². The summed E-state index contributed by atoms with van der Waals surface area (Å²) in [6, 6.07) is 13.7.